The molecule has 10 heavy (non-hydrogen) atoms. The molecular formula is C8H11NO. The van der Waals surface area contributed by atoms with Crippen molar-refractivity contribution in [1.82, 2.24) is 0 Å². The Labute approximate surface area is 60.7 Å². The van der Waals surface area contributed by atoms with E-state index in [0.717, 1.165) is 0 Å². The Morgan fingerprint density at radius 3 is 1.30 bits per heavy atom. The molecule has 0 radical (unpaired) electrons. The molecule has 2 nitrogen and oxygen atoms in total. The van der Waals surface area contributed by atoms with E-state index in [0.29, 0.717) is 0 Å². The van der Waals surface area contributed by atoms with Gasteiger partial charge in [-0.15, -0.1) is 0 Å². The zero-order valence-electron chi connectivity index (χ0n) is 6.22. The summed E-state index contributed by atoms with van der Waals surface area (Å²) in [5.41, 5.74) is 7.16. The molecule has 1 rings (SSSR count). The first-order chi connectivity index (χ1) is 4.79. The Morgan fingerprint density at radius 2 is 1.10 bits per heavy atom. The van der Waals surface area contributed by atoms with Crippen molar-refractivity contribution >= 4 is 0 Å². The number of benzene rings is 1. The summed E-state index contributed by atoms with van der Waals surface area (Å²) in [5, 5.41) is 0. The number of rotatable bonds is 0. The summed E-state index contributed by atoms with van der Waals surface area (Å²) >= 11 is 0. The molecule has 0 saturated heterocycles. The summed E-state index contributed by atoms with van der Waals surface area (Å²) in [4.78, 5) is 7.50. The van der Waals surface area contributed by atoms with Crippen LogP contribution in [0.1, 0.15) is 11.1 Å². The molecule has 54 valence electrons. The van der Waals surface area contributed by atoms with E-state index in [1.165, 1.54) is 11.1 Å². The molecule has 0 bridgehead atoms. The number of nitroso groups, excluding NO2 is 1. The molecule has 1 aromatic carbocycles. The minimum atomic E-state index is 1.33. The van der Waals surface area contributed by atoms with E-state index in [2.05, 4.69) is 43.7 Å². The summed E-state index contributed by atoms with van der Waals surface area (Å²) in [5.74, 6) is 0. The summed E-state index contributed by atoms with van der Waals surface area (Å²) in [6.07, 6.45) is 0. The monoisotopic (exact) mass is 137 g/mol. The van der Waals surface area contributed by atoms with Crippen molar-refractivity contribution in [2.24, 2.45) is 0 Å². The quantitative estimate of drug-likeness (QED) is 0.548. The van der Waals surface area contributed by atoms with Gasteiger partial charge in [-0.25, -0.2) is 0 Å². The average molecular weight is 137 g/mol. The third-order valence-electron chi connectivity index (χ3n) is 1.22. The van der Waals surface area contributed by atoms with Gasteiger partial charge >= 0.3 is 0 Å². The molecule has 0 saturated carbocycles. The molecule has 0 unspecified atom stereocenters. The van der Waals surface area contributed by atoms with Crippen molar-refractivity contribution < 1.29 is 0 Å². The van der Waals surface area contributed by atoms with Gasteiger partial charge in [0.05, 0.1) is 0 Å². The van der Waals surface area contributed by atoms with E-state index in [4.69, 9.17) is 4.91 Å². The van der Waals surface area contributed by atoms with Crippen LogP contribution in [-0.2, 0) is 0 Å². The SMILES string of the molecule is Cc1ccc(C)cc1.N=O. The summed E-state index contributed by atoms with van der Waals surface area (Å²) in [6.45, 7) is 4.19. The van der Waals surface area contributed by atoms with Gasteiger partial charge in [0.2, 0.25) is 0 Å². The van der Waals surface area contributed by atoms with Crippen LogP contribution < -0.4 is 0 Å². The molecule has 2 heteroatoms. The van der Waals surface area contributed by atoms with Crippen LogP contribution in [0.5, 0.6) is 0 Å². The summed E-state index contributed by atoms with van der Waals surface area (Å²) in [6, 6.07) is 8.48. The van der Waals surface area contributed by atoms with E-state index in [9.17, 15) is 0 Å². The lowest BCUT2D eigenvalue weighted by Gasteiger charge is -1.90. The number of hydrogen-bond donors (Lipinski definition) is 1. The van der Waals surface area contributed by atoms with Crippen LogP contribution in [0.3, 0.4) is 0 Å². The topological polar surface area (TPSA) is 40.9 Å². The first-order valence-corrected chi connectivity index (χ1v) is 3.03. The Bertz CT molecular complexity index is 160. The highest BCUT2D eigenvalue weighted by Crippen LogP contribution is 1.99. The third kappa shape index (κ3) is 2.97. The fourth-order valence-electron chi connectivity index (χ4n) is 0.637. The number of nitrogens with one attached hydrogen (secondary N) is 1. The smallest absolute Gasteiger partial charge is 0.0398 e. The molecule has 0 spiro atoms. The normalized spacial score (nSPS) is 7.80. The van der Waals surface area contributed by atoms with Crippen molar-refractivity contribution in [2.75, 3.05) is 0 Å². The highest BCUT2D eigenvalue weighted by Gasteiger charge is 1.79. The standard InChI is InChI=1S/C8H10.HNO/c1-7-3-5-8(2)6-4-7;1-2/h3-6H,1-2H3;1H. The first kappa shape index (κ1) is 8.82. The molecule has 0 aliphatic carbocycles. The van der Waals surface area contributed by atoms with Crippen molar-refractivity contribution in [3.8, 4) is 0 Å². The van der Waals surface area contributed by atoms with Crippen molar-refractivity contribution in [1.29, 1.82) is 5.59 Å². The van der Waals surface area contributed by atoms with Crippen LogP contribution in [0.15, 0.2) is 24.3 Å². The maximum atomic E-state index is 7.50. The molecule has 0 fully saturated rings. The van der Waals surface area contributed by atoms with E-state index in [-0.39, 0.29) is 0 Å². The molecule has 1 aromatic rings. The summed E-state index contributed by atoms with van der Waals surface area (Å²) < 4.78 is 0. The van der Waals surface area contributed by atoms with Gasteiger partial charge in [0, 0.05) is 0 Å². The lowest BCUT2D eigenvalue weighted by molar-refractivity contribution is 1.40. The molecule has 1 N–H and O–H groups in total. The van der Waals surface area contributed by atoms with Crippen molar-refractivity contribution in [3.63, 3.8) is 0 Å². The van der Waals surface area contributed by atoms with E-state index >= 15 is 0 Å². The van der Waals surface area contributed by atoms with Crippen LogP contribution >= 0.6 is 0 Å². The Balaban J connectivity index is 0.000000371. The molecule has 0 atom stereocenters. The highest BCUT2D eigenvalue weighted by molar-refractivity contribution is 5.19. The second-order valence-electron chi connectivity index (χ2n) is 2.15. The van der Waals surface area contributed by atoms with Gasteiger partial charge < -0.3 is 0 Å². The van der Waals surface area contributed by atoms with Gasteiger partial charge in [-0.1, -0.05) is 41.0 Å². The molecular weight excluding hydrogens is 126 g/mol. The largest absolute Gasteiger partial charge is 0.154 e. The van der Waals surface area contributed by atoms with E-state index in [1.54, 1.807) is 0 Å². The molecule has 0 aliphatic rings. The lowest BCUT2D eigenvalue weighted by Crippen LogP contribution is -1.70. The third-order valence-corrected chi connectivity index (χ3v) is 1.22. The van der Waals surface area contributed by atoms with Gasteiger partial charge in [-0.3, -0.25) is 0 Å². The van der Waals surface area contributed by atoms with Crippen LogP contribution in [0, 0.1) is 24.3 Å². The highest BCUT2D eigenvalue weighted by atomic mass is 16.2. The number of aryl methyl sites for hydroxylation is 2. The molecule has 0 amide bonds. The van der Waals surface area contributed by atoms with Gasteiger partial charge in [0.1, 0.15) is 0 Å². The van der Waals surface area contributed by atoms with Gasteiger partial charge in [0.25, 0.3) is 0 Å². The maximum absolute atomic E-state index is 7.50. The minimum Gasteiger partial charge on any atom is -0.154 e. The zero-order valence-corrected chi connectivity index (χ0v) is 6.22. The van der Waals surface area contributed by atoms with Crippen LogP contribution in [0.4, 0.5) is 0 Å². The second-order valence-corrected chi connectivity index (χ2v) is 2.15. The predicted octanol–water partition coefficient (Wildman–Crippen LogP) is 2.64. The second kappa shape index (κ2) is 4.68. The average Bonchev–Trinajstić information content (AvgIpc) is 2.00. The van der Waals surface area contributed by atoms with E-state index < -0.39 is 0 Å². The maximum Gasteiger partial charge on any atom is -0.0398 e. The minimum absolute atomic E-state index is 1.33. The molecule has 0 aliphatic heterocycles. The van der Waals surface area contributed by atoms with Gasteiger partial charge in [0.15, 0.2) is 0 Å². The fraction of sp³-hybridized carbons (Fsp3) is 0.250. The molecule has 0 aromatic heterocycles. The lowest BCUT2D eigenvalue weighted by atomic mass is 10.2. The Kier molecular flexibility index (Phi) is 4.12. The van der Waals surface area contributed by atoms with Gasteiger partial charge in [-0.05, 0) is 13.8 Å². The molecule has 0 heterocycles. The zero-order chi connectivity index (χ0) is 7.98. The van der Waals surface area contributed by atoms with Crippen LogP contribution in [0.2, 0.25) is 0 Å². The fourth-order valence-corrected chi connectivity index (χ4v) is 0.637. The van der Waals surface area contributed by atoms with Crippen LogP contribution in [0.25, 0.3) is 0 Å². The van der Waals surface area contributed by atoms with Crippen molar-refractivity contribution in [2.45, 2.75) is 13.8 Å². The number of hydrogen-bond acceptors (Lipinski definition) is 2. The van der Waals surface area contributed by atoms with E-state index in [1.807, 2.05) is 0 Å². The first-order valence-electron chi connectivity index (χ1n) is 3.03. The Morgan fingerprint density at radius 1 is 0.900 bits per heavy atom. The van der Waals surface area contributed by atoms with Crippen molar-refractivity contribution in [3.05, 3.63) is 40.3 Å². The van der Waals surface area contributed by atoms with Crippen LogP contribution in [-0.4, -0.2) is 0 Å². The van der Waals surface area contributed by atoms with Gasteiger partial charge in [-0.2, -0.15) is 4.91 Å². The Hall–Kier alpha value is -1.18. The summed E-state index contributed by atoms with van der Waals surface area (Å²) in [7, 11) is 0. The predicted molar refractivity (Wildman–Crippen MR) is 42.0 cm³/mol.